The van der Waals surface area contributed by atoms with Gasteiger partial charge in [0.1, 0.15) is 16.1 Å². The number of carbonyl (C=O) groups excluding carboxylic acids is 1. The summed E-state index contributed by atoms with van der Waals surface area (Å²) in [6, 6.07) is 4.04. The number of rotatable bonds is 6. The number of carbonyl (C=O) groups is 1. The number of thiophene rings is 2. The van der Waals surface area contributed by atoms with Gasteiger partial charge in [-0.2, -0.15) is 4.37 Å². The predicted octanol–water partition coefficient (Wildman–Crippen LogP) is 7.47. The van der Waals surface area contributed by atoms with Crippen LogP contribution in [0.1, 0.15) is 50.3 Å². The topological polar surface area (TPSA) is 42.4 Å². The Balaban J connectivity index is 1.99. The second-order valence-electron chi connectivity index (χ2n) is 7.25. The summed E-state index contributed by atoms with van der Waals surface area (Å²) in [7, 11) is 0. The Labute approximate surface area is 180 Å². The molecule has 146 valence electrons. The summed E-state index contributed by atoms with van der Waals surface area (Å²) < 4.78 is 12.4. The summed E-state index contributed by atoms with van der Waals surface area (Å²) in [4.78, 5) is 17.1. The highest BCUT2D eigenvalue weighted by Crippen LogP contribution is 2.44. The number of aromatic nitrogens is 1. The molecule has 3 rings (SSSR count). The molecule has 3 aromatic rings. The van der Waals surface area contributed by atoms with Gasteiger partial charge in [-0.05, 0) is 72.5 Å². The first-order valence-corrected chi connectivity index (χ1v) is 12.2. The molecule has 0 aromatic carbocycles. The van der Waals surface area contributed by atoms with Gasteiger partial charge in [0.25, 0.3) is 0 Å². The molecule has 27 heavy (non-hydrogen) atoms. The standard InChI is InChI=1S/C19H23BrN2O2S3/c1-5-6-9-13-14(20)15-16(26-13)17(27-21-15)22(11-12-8-7-10-25-12)18(23)24-19(2,3)4/h7-8,10H,5-6,9,11H2,1-4H3. The Hall–Kier alpha value is -0.960. The molecule has 0 unspecified atom stereocenters. The number of hydrogen-bond acceptors (Lipinski definition) is 6. The molecule has 0 bridgehead atoms. The Morgan fingerprint density at radius 1 is 1.37 bits per heavy atom. The number of halogens is 1. The van der Waals surface area contributed by atoms with Crippen molar-refractivity contribution < 1.29 is 9.53 Å². The van der Waals surface area contributed by atoms with Gasteiger partial charge in [0.05, 0.1) is 15.7 Å². The number of fused-ring (bicyclic) bond motifs is 1. The van der Waals surface area contributed by atoms with E-state index in [1.165, 1.54) is 16.4 Å². The maximum atomic E-state index is 13.0. The molecule has 4 nitrogen and oxygen atoms in total. The molecule has 3 heterocycles. The normalized spacial score (nSPS) is 11.9. The van der Waals surface area contributed by atoms with Crippen LogP contribution in [0.5, 0.6) is 0 Å². The third-order valence-electron chi connectivity index (χ3n) is 3.82. The van der Waals surface area contributed by atoms with Crippen molar-refractivity contribution in [3.63, 3.8) is 0 Å². The number of aryl methyl sites for hydroxylation is 1. The molecule has 0 N–H and O–H groups in total. The minimum Gasteiger partial charge on any atom is -0.443 e. The Morgan fingerprint density at radius 3 is 2.78 bits per heavy atom. The quantitative estimate of drug-likeness (QED) is 0.362. The number of hydrogen-bond donors (Lipinski definition) is 0. The van der Waals surface area contributed by atoms with Gasteiger partial charge in [0.2, 0.25) is 0 Å². The first-order valence-electron chi connectivity index (χ1n) is 8.89. The van der Waals surface area contributed by atoms with Gasteiger partial charge in [0.15, 0.2) is 0 Å². The van der Waals surface area contributed by atoms with E-state index in [-0.39, 0.29) is 6.09 Å². The first-order chi connectivity index (χ1) is 12.8. The lowest BCUT2D eigenvalue weighted by atomic mass is 10.2. The molecule has 3 aromatic heterocycles. The van der Waals surface area contributed by atoms with E-state index in [9.17, 15) is 4.79 Å². The van der Waals surface area contributed by atoms with E-state index in [1.807, 2.05) is 38.3 Å². The molecule has 0 aliphatic rings. The highest BCUT2D eigenvalue weighted by Gasteiger charge is 2.28. The largest absolute Gasteiger partial charge is 0.443 e. The monoisotopic (exact) mass is 486 g/mol. The lowest BCUT2D eigenvalue weighted by molar-refractivity contribution is 0.0579. The summed E-state index contributed by atoms with van der Waals surface area (Å²) in [5.74, 6) is 0. The van der Waals surface area contributed by atoms with Gasteiger partial charge in [-0.15, -0.1) is 22.7 Å². The van der Waals surface area contributed by atoms with Crippen LogP contribution < -0.4 is 4.90 Å². The third-order valence-corrected chi connectivity index (χ3v) is 8.04. The van der Waals surface area contributed by atoms with Gasteiger partial charge in [-0.25, -0.2) is 4.79 Å². The van der Waals surface area contributed by atoms with Crippen molar-refractivity contribution in [3.8, 4) is 0 Å². The van der Waals surface area contributed by atoms with E-state index in [4.69, 9.17) is 4.74 Å². The van der Waals surface area contributed by atoms with Crippen molar-refractivity contribution in [1.82, 2.24) is 4.37 Å². The van der Waals surface area contributed by atoms with Gasteiger partial charge in [0, 0.05) is 9.75 Å². The van der Waals surface area contributed by atoms with Gasteiger partial charge >= 0.3 is 6.09 Å². The Bertz CT molecular complexity index is 910. The van der Waals surface area contributed by atoms with Crippen LogP contribution >= 0.6 is 50.1 Å². The maximum Gasteiger partial charge on any atom is 0.415 e. The molecule has 0 spiro atoms. The summed E-state index contributed by atoms with van der Waals surface area (Å²) in [6.07, 6.45) is 2.99. The van der Waals surface area contributed by atoms with Crippen LogP contribution in [0.4, 0.5) is 9.80 Å². The van der Waals surface area contributed by atoms with E-state index < -0.39 is 5.60 Å². The van der Waals surface area contributed by atoms with E-state index in [0.29, 0.717) is 6.54 Å². The fraction of sp³-hybridized carbons (Fsp3) is 0.474. The molecule has 0 saturated carbocycles. The zero-order valence-corrected chi connectivity index (χ0v) is 19.9. The van der Waals surface area contributed by atoms with Crippen molar-refractivity contribution in [1.29, 1.82) is 0 Å². The minimum absolute atomic E-state index is 0.332. The molecule has 0 aliphatic heterocycles. The Kier molecular flexibility index (Phi) is 6.61. The predicted molar refractivity (Wildman–Crippen MR) is 121 cm³/mol. The molecule has 0 atom stereocenters. The summed E-state index contributed by atoms with van der Waals surface area (Å²) >= 11 is 8.44. The SMILES string of the molecule is CCCCc1sc2c(N(Cc3cccs3)C(=O)OC(C)(C)C)snc2c1Br. The minimum atomic E-state index is -0.545. The van der Waals surface area contributed by atoms with Crippen LogP contribution in [0.25, 0.3) is 10.2 Å². The van der Waals surface area contributed by atoms with Crippen molar-refractivity contribution in [3.05, 3.63) is 31.7 Å². The number of ether oxygens (including phenoxy) is 1. The van der Waals surface area contributed by atoms with E-state index >= 15 is 0 Å². The average Bonchev–Trinajstić information content (AvgIpc) is 3.28. The van der Waals surface area contributed by atoms with Crippen molar-refractivity contribution in [2.75, 3.05) is 4.90 Å². The number of anilines is 1. The molecule has 0 saturated heterocycles. The van der Waals surface area contributed by atoms with Crippen LogP contribution in [-0.4, -0.2) is 16.1 Å². The highest BCUT2D eigenvalue weighted by molar-refractivity contribution is 9.10. The van der Waals surface area contributed by atoms with E-state index in [2.05, 4.69) is 27.2 Å². The van der Waals surface area contributed by atoms with Crippen LogP contribution in [0, 0.1) is 0 Å². The molecule has 0 radical (unpaired) electrons. The second-order valence-corrected chi connectivity index (χ2v) is 10.9. The summed E-state index contributed by atoms with van der Waals surface area (Å²) in [6.45, 7) is 8.35. The number of amides is 1. The molecular weight excluding hydrogens is 464 g/mol. The number of unbranched alkanes of at least 4 members (excludes halogenated alkanes) is 1. The van der Waals surface area contributed by atoms with Gasteiger partial charge in [-0.1, -0.05) is 19.4 Å². The average molecular weight is 488 g/mol. The first kappa shape index (κ1) is 20.8. The fourth-order valence-electron chi connectivity index (χ4n) is 2.57. The maximum absolute atomic E-state index is 13.0. The highest BCUT2D eigenvalue weighted by atomic mass is 79.9. The molecule has 0 fully saturated rings. The fourth-order valence-corrected chi connectivity index (χ4v) is 6.43. The van der Waals surface area contributed by atoms with E-state index in [0.717, 1.165) is 43.8 Å². The molecule has 0 aliphatic carbocycles. The van der Waals surface area contributed by atoms with Crippen molar-refractivity contribution in [2.24, 2.45) is 0 Å². The zero-order valence-electron chi connectivity index (χ0n) is 15.9. The van der Waals surface area contributed by atoms with Gasteiger partial charge in [-0.3, -0.25) is 4.90 Å². The molecule has 8 heteroatoms. The van der Waals surface area contributed by atoms with E-state index in [1.54, 1.807) is 27.6 Å². The lowest BCUT2D eigenvalue weighted by Crippen LogP contribution is -2.36. The second kappa shape index (κ2) is 8.59. The van der Waals surface area contributed by atoms with Crippen LogP contribution in [-0.2, 0) is 17.7 Å². The van der Waals surface area contributed by atoms with Crippen molar-refractivity contribution in [2.45, 2.75) is 59.1 Å². The third kappa shape index (κ3) is 4.91. The zero-order chi connectivity index (χ0) is 19.6. The number of nitrogens with zero attached hydrogens (tertiary/aromatic N) is 2. The van der Waals surface area contributed by atoms with Crippen molar-refractivity contribution >= 4 is 71.4 Å². The smallest absolute Gasteiger partial charge is 0.415 e. The summed E-state index contributed by atoms with van der Waals surface area (Å²) in [5, 5.41) is 2.89. The van der Waals surface area contributed by atoms with Crippen LogP contribution in [0.2, 0.25) is 0 Å². The molecule has 1 amide bonds. The molecular formula is C19H23BrN2O2S3. The summed E-state index contributed by atoms with van der Waals surface area (Å²) in [5.41, 5.74) is 0.405. The Morgan fingerprint density at radius 2 is 2.15 bits per heavy atom. The van der Waals surface area contributed by atoms with Gasteiger partial charge < -0.3 is 4.74 Å². The van der Waals surface area contributed by atoms with Crippen LogP contribution in [0.15, 0.2) is 22.0 Å². The van der Waals surface area contributed by atoms with Crippen LogP contribution in [0.3, 0.4) is 0 Å². The lowest BCUT2D eigenvalue weighted by Gasteiger charge is -2.26.